The van der Waals surface area contributed by atoms with Crippen molar-refractivity contribution in [2.75, 3.05) is 31.5 Å². The Morgan fingerprint density at radius 2 is 1.73 bits per heavy atom. The number of benzene rings is 1. The first kappa shape index (κ1) is 18.5. The predicted octanol–water partition coefficient (Wildman–Crippen LogP) is 2.96. The van der Waals surface area contributed by atoms with E-state index in [1.165, 1.54) is 0 Å². The molecule has 0 radical (unpaired) electrons. The number of anilines is 1. The lowest BCUT2D eigenvalue weighted by atomic mass is 10.1. The molecule has 0 saturated carbocycles. The van der Waals surface area contributed by atoms with E-state index >= 15 is 0 Å². The summed E-state index contributed by atoms with van der Waals surface area (Å²) < 4.78 is 5.41. The summed E-state index contributed by atoms with van der Waals surface area (Å²) >= 11 is 0. The van der Waals surface area contributed by atoms with Crippen molar-refractivity contribution in [1.82, 2.24) is 9.80 Å². The molecule has 2 aliphatic heterocycles. The smallest absolute Gasteiger partial charge is 0.410 e. The monoisotopic (exact) mass is 359 g/mol. The first-order chi connectivity index (χ1) is 12.3. The fourth-order valence-corrected chi connectivity index (χ4v) is 3.56. The molecule has 0 aromatic heterocycles. The number of nitrogens with one attached hydrogen (secondary N) is 1. The molecule has 2 saturated heterocycles. The number of ether oxygens (including phenoxy) is 1. The second kappa shape index (κ2) is 7.56. The number of amides is 2. The van der Waals surface area contributed by atoms with E-state index in [1.54, 1.807) is 4.90 Å². The quantitative estimate of drug-likeness (QED) is 0.901. The predicted molar refractivity (Wildman–Crippen MR) is 101 cm³/mol. The maximum Gasteiger partial charge on any atom is 0.410 e. The van der Waals surface area contributed by atoms with Crippen LogP contribution in [0.4, 0.5) is 10.5 Å². The summed E-state index contributed by atoms with van der Waals surface area (Å²) in [7, 11) is 0. The van der Waals surface area contributed by atoms with Crippen molar-refractivity contribution in [2.24, 2.45) is 5.92 Å². The van der Waals surface area contributed by atoms with Gasteiger partial charge in [0.2, 0.25) is 5.91 Å². The molecule has 2 unspecified atom stereocenters. The summed E-state index contributed by atoms with van der Waals surface area (Å²) in [6, 6.07) is 10.4. The summed E-state index contributed by atoms with van der Waals surface area (Å²) in [6.07, 6.45) is 1.34. The molecule has 0 aliphatic carbocycles. The number of nitrogens with zero attached hydrogens (tertiary/aromatic N) is 2. The summed E-state index contributed by atoms with van der Waals surface area (Å²) in [4.78, 5) is 28.6. The first-order valence-corrected chi connectivity index (χ1v) is 9.40. The van der Waals surface area contributed by atoms with Crippen molar-refractivity contribution in [3.8, 4) is 0 Å². The molecule has 3 rings (SSSR count). The van der Waals surface area contributed by atoms with Crippen molar-refractivity contribution in [3.05, 3.63) is 30.3 Å². The third-order valence-electron chi connectivity index (χ3n) is 4.83. The molecule has 0 spiro atoms. The van der Waals surface area contributed by atoms with Crippen LogP contribution in [0.5, 0.6) is 0 Å². The third-order valence-corrected chi connectivity index (χ3v) is 4.83. The van der Waals surface area contributed by atoms with Gasteiger partial charge in [-0.25, -0.2) is 4.79 Å². The van der Waals surface area contributed by atoms with Gasteiger partial charge in [0.1, 0.15) is 5.60 Å². The normalized spacial score (nSPS) is 23.2. The third kappa shape index (κ3) is 4.68. The van der Waals surface area contributed by atoms with Crippen LogP contribution in [0.2, 0.25) is 0 Å². The van der Waals surface area contributed by atoms with Crippen molar-refractivity contribution >= 4 is 17.7 Å². The average molecular weight is 359 g/mol. The molecule has 2 heterocycles. The van der Waals surface area contributed by atoms with Gasteiger partial charge in [0, 0.05) is 37.9 Å². The lowest BCUT2D eigenvalue weighted by Crippen LogP contribution is -2.39. The summed E-state index contributed by atoms with van der Waals surface area (Å²) in [6.45, 7) is 8.10. The van der Waals surface area contributed by atoms with E-state index in [0.717, 1.165) is 25.2 Å². The van der Waals surface area contributed by atoms with Crippen LogP contribution in [-0.2, 0) is 9.53 Å². The molecular weight excluding hydrogens is 330 g/mol. The van der Waals surface area contributed by atoms with Gasteiger partial charge >= 0.3 is 6.09 Å². The Labute approximate surface area is 155 Å². The van der Waals surface area contributed by atoms with Crippen molar-refractivity contribution in [1.29, 1.82) is 0 Å². The molecular formula is C20H29N3O3. The van der Waals surface area contributed by atoms with E-state index in [4.69, 9.17) is 4.74 Å². The fourth-order valence-electron chi connectivity index (χ4n) is 3.56. The van der Waals surface area contributed by atoms with Gasteiger partial charge in [-0.05, 0) is 45.7 Å². The molecule has 1 aromatic carbocycles. The van der Waals surface area contributed by atoms with Crippen molar-refractivity contribution in [3.63, 3.8) is 0 Å². The molecule has 1 aromatic rings. The standard InChI is InChI=1S/C20H29N3O3/c1-20(2,3)26-19(25)23-11-9-15(13-23)18(24)22-12-10-17(14-22)21-16-7-5-4-6-8-16/h4-8,15,17,21H,9-14H2,1-3H3. The summed E-state index contributed by atoms with van der Waals surface area (Å²) in [5.74, 6) is 0.0476. The zero-order chi connectivity index (χ0) is 18.7. The van der Waals surface area contributed by atoms with Crippen LogP contribution in [0.25, 0.3) is 0 Å². The highest BCUT2D eigenvalue weighted by Crippen LogP contribution is 2.24. The van der Waals surface area contributed by atoms with Gasteiger partial charge in [-0.15, -0.1) is 0 Å². The van der Waals surface area contributed by atoms with Gasteiger partial charge in [-0.1, -0.05) is 18.2 Å². The van der Waals surface area contributed by atoms with Gasteiger partial charge in [0.05, 0.1) is 5.92 Å². The second-order valence-electron chi connectivity index (χ2n) is 8.19. The molecule has 142 valence electrons. The minimum Gasteiger partial charge on any atom is -0.444 e. The van der Waals surface area contributed by atoms with Crippen LogP contribution < -0.4 is 5.32 Å². The molecule has 2 amide bonds. The van der Waals surface area contributed by atoms with E-state index in [9.17, 15) is 9.59 Å². The van der Waals surface area contributed by atoms with E-state index in [-0.39, 0.29) is 24.0 Å². The zero-order valence-corrected chi connectivity index (χ0v) is 15.9. The Balaban J connectivity index is 1.49. The Morgan fingerprint density at radius 3 is 2.42 bits per heavy atom. The highest BCUT2D eigenvalue weighted by Gasteiger charge is 2.37. The number of hydrogen-bond acceptors (Lipinski definition) is 4. The maximum absolute atomic E-state index is 12.8. The molecule has 0 bridgehead atoms. The number of carbonyl (C=O) groups is 2. The average Bonchev–Trinajstić information content (AvgIpc) is 3.23. The number of carbonyl (C=O) groups excluding carboxylic acids is 2. The topological polar surface area (TPSA) is 61.9 Å². The Morgan fingerprint density at radius 1 is 1.04 bits per heavy atom. The molecule has 26 heavy (non-hydrogen) atoms. The van der Waals surface area contributed by atoms with Crippen LogP contribution in [-0.4, -0.2) is 59.6 Å². The van der Waals surface area contributed by atoms with Crippen LogP contribution in [0.3, 0.4) is 0 Å². The van der Waals surface area contributed by atoms with E-state index in [1.807, 2.05) is 56.0 Å². The lowest BCUT2D eigenvalue weighted by Gasteiger charge is -2.25. The maximum atomic E-state index is 12.8. The van der Waals surface area contributed by atoms with Gasteiger partial charge in [0.15, 0.2) is 0 Å². The van der Waals surface area contributed by atoms with Crippen LogP contribution in [0, 0.1) is 5.92 Å². The second-order valence-corrected chi connectivity index (χ2v) is 8.19. The molecule has 2 atom stereocenters. The number of para-hydroxylation sites is 1. The minimum absolute atomic E-state index is 0.113. The van der Waals surface area contributed by atoms with Crippen LogP contribution >= 0.6 is 0 Å². The minimum atomic E-state index is -0.509. The molecule has 6 heteroatoms. The van der Waals surface area contributed by atoms with E-state index < -0.39 is 5.60 Å². The van der Waals surface area contributed by atoms with Gasteiger partial charge in [-0.3, -0.25) is 4.79 Å². The lowest BCUT2D eigenvalue weighted by molar-refractivity contribution is -0.134. The van der Waals surface area contributed by atoms with E-state index in [0.29, 0.717) is 19.5 Å². The summed E-state index contributed by atoms with van der Waals surface area (Å²) in [5, 5.41) is 3.49. The largest absolute Gasteiger partial charge is 0.444 e. The zero-order valence-electron chi connectivity index (χ0n) is 15.9. The molecule has 2 aliphatic rings. The van der Waals surface area contributed by atoms with Crippen molar-refractivity contribution < 1.29 is 14.3 Å². The Kier molecular flexibility index (Phi) is 5.39. The fraction of sp³-hybridized carbons (Fsp3) is 0.600. The first-order valence-electron chi connectivity index (χ1n) is 9.40. The van der Waals surface area contributed by atoms with Crippen LogP contribution in [0.15, 0.2) is 30.3 Å². The molecule has 6 nitrogen and oxygen atoms in total. The van der Waals surface area contributed by atoms with Crippen molar-refractivity contribution in [2.45, 2.75) is 45.3 Å². The summed E-state index contributed by atoms with van der Waals surface area (Å²) in [5.41, 5.74) is 0.577. The number of rotatable bonds is 3. The molecule has 1 N–H and O–H groups in total. The van der Waals surface area contributed by atoms with Gasteiger partial charge in [-0.2, -0.15) is 0 Å². The van der Waals surface area contributed by atoms with Gasteiger partial charge in [0.25, 0.3) is 0 Å². The number of likely N-dealkylation sites (tertiary alicyclic amines) is 2. The van der Waals surface area contributed by atoms with Gasteiger partial charge < -0.3 is 19.9 Å². The Bertz CT molecular complexity index is 641. The van der Waals surface area contributed by atoms with E-state index in [2.05, 4.69) is 5.32 Å². The SMILES string of the molecule is CC(C)(C)OC(=O)N1CCC(C(=O)N2CCC(Nc3ccccc3)C2)C1. The molecule has 2 fully saturated rings. The highest BCUT2D eigenvalue weighted by molar-refractivity contribution is 5.81. The highest BCUT2D eigenvalue weighted by atomic mass is 16.6. The Hall–Kier alpha value is -2.24. The van der Waals surface area contributed by atoms with Crippen LogP contribution in [0.1, 0.15) is 33.6 Å². The number of hydrogen-bond donors (Lipinski definition) is 1.